The van der Waals surface area contributed by atoms with E-state index in [0.717, 1.165) is 0 Å². The first kappa shape index (κ1) is 7.98. The van der Waals surface area contributed by atoms with E-state index in [1.807, 2.05) is 0 Å². The smallest absolute Gasteiger partial charge is 0.0659 e. The molecule has 2 radical (unpaired) electrons. The van der Waals surface area contributed by atoms with E-state index in [-0.39, 0.29) is 12.5 Å². The zero-order chi connectivity index (χ0) is 6.57. The summed E-state index contributed by atoms with van der Waals surface area (Å²) in [5.41, 5.74) is 0. The molecule has 0 aromatic rings. The van der Waals surface area contributed by atoms with Gasteiger partial charge in [0.25, 0.3) is 0 Å². The van der Waals surface area contributed by atoms with Crippen LogP contribution in [0.15, 0.2) is 0 Å². The van der Waals surface area contributed by atoms with Crippen LogP contribution >= 0.6 is 0 Å². The molecule has 2 nitrogen and oxygen atoms in total. The van der Waals surface area contributed by atoms with Crippen molar-refractivity contribution in [2.75, 3.05) is 6.61 Å². The third kappa shape index (κ3) is 2.33. The van der Waals surface area contributed by atoms with Gasteiger partial charge in [-0.3, -0.25) is 0 Å². The van der Waals surface area contributed by atoms with Crippen LogP contribution in [-0.4, -0.2) is 30.8 Å². The monoisotopic (exact) mass is 114 g/mol. The second kappa shape index (κ2) is 3.92. The van der Waals surface area contributed by atoms with Crippen molar-refractivity contribution in [1.29, 1.82) is 0 Å². The van der Waals surface area contributed by atoms with E-state index in [4.69, 9.17) is 18.1 Å². The Morgan fingerprint density at radius 3 is 2.12 bits per heavy atom. The van der Waals surface area contributed by atoms with Crippen LogP contribution in [0.2, 0.25) is 6.32 Å². The van der Waals surface area contributed by atoms with Gasteiger partial charge in [-0.25, -0.2) is 0 Å². The summed E-state index contributed by atoms with van der Waals surface area (Å²) in [7, 11) is 5.16. The van der Waals surface area contributed by atoms with Gasteiger partial charge in [0.15, 0.2) is 0 Å². The number of hydrogen-bond donors (Lipinski definition) is 2. The van der Waals surface area contributed by atoms with Crippen LogP contribution in [0.25, 0.3) is 0 Å². The fourth-order valence-electron chi connectivity index (χ4n) is 0.424. The number of rotatable bonds is 3. The van der Waals surface area contributed by atoms with Crippen LogP contribution in [0.3, 0.4) is 0 Å². The molecule has 0 aromatic carbocycles. The summed E-state index contributed by atoms with van der Waals surface area (Å²) in [5, 5.41) is 17.2. The molecular formula is C5H11BO2. The highest BCUT2D eigenvalue weighted by molar-refractivity contribution is 6.08. The Kier molecular flexibility index (Phi) is 3.92. The molecule has 0 aliphatic rings. The summed E-state index contributed by atoms with van der Waals surface area (Å²) in [4.78, 5) is 0. The lowest BCUT2D eigenvalue weighted by atomic mass is 9.88. The largest absolute Gasteiger partial charge is 0.396 e. The van der Waals surface area contributed by atoms with Crippen molar-refractivity contribution < 1.29 is 10.2 Å². The molecule has 0 spiro atoms. The molecule has 8 heavy (non-hydrogen) atoms. The number of aliphatic hydroxyl groups is 2. The molecule has 0 rings (SSSR count). The van der Waals surface area contributed by atoms with Gasteiger partial charge >= 0.3 is 0 Å². The second-order valence-electron chi connectivity index (χ2n) is 1.92. The Morgan fingerprint density at radius 1 is 1.62 bits per heavy atom. The Balaban J connectivity index is 3.35. The van der Waals surface area contributed by atoms with E-state index in [1.165, 1.54) is 0 Å². The molecule has 46 valence electrons. The third-order valence-corrected chi connectivity index (χ3v) is 1.22. The highest BCUT2D eigenvalue weighted by Crippen LogP contribution is 2.04. The lowest BCUT2D eigenvalue weighted by Gasteiger charge is -2.13. The van der Waals surface area contributed by atoms with E-state index >= 15 is 0 Å². The van der Waals surface area contributed by atoms with Crippen molar-refractivity contribution >= 4 is 7.85 Å². The van der Waals surface area contributed by atoms with Crippen LogP contribution in [0.4, 0.5) is 0 Å². The van der Waals surface area contributed by atoms with Crippen molar-refractivity contribution in [1.82, 2.24) is 0 Å². The minimum Gasteiger partial charge on any atom is -0.396 e. The minimum atomic E-state index is -0.495. The van der Waals surface area contributed by atoms with Crippen molar-refractivity contribution in [2.45, 2.75) is 19.3 Å². The van der Waals surface area contributed by atoms with Gasteiger partial charge in [-0.2, -0.15) is 0 Å². The minimum absolute atomic E-state index is 0.0336. The molecule has 0 aliphatic carbocycles. The van der Waals surface area contributed by atoms with Crippen LogP contribution in [-0.2, 0) is 0 Å². The maximum absolute atomic E-state index is 8.77. The van der Waals surface area contributed by atoms with Crippen LogP contribution < -0.4 is 0 Å². The molecule has 0 unspecified atom stereocenters. The van der Waals surface area contributed by atoms with Crippen molar-refractivity contribution in [2.24, 2.45) is 5.92 Å². The van der Waals surface area contributed by atoms with E-state index in [1.54, 1.807) is 6.92 Å². The fourth-order valence-corrected chi connectivity index (χ4v) is 0.424. The first-order valence-electron chi connectivity index (χ1n) is 2.71. The molecule has 3 heteroatoms. The second-order valence-corrected chi connectivity index (χ2v) is 1.92. The molecule has 0 saturated carbocycles. The van der Waals surface area contributed by atoms with Gasteiger partial charge in [0.05, 0.1) is 14.0 Å². The third-order valence-electron chi connectivity index (χ3n) is 1.22. The highest BCUT2D eigenvalue weighted by atomic mass is 16.3. The van der Waals surface area contributed by atoms with Gasteiger partial charge in [-0.1, -0.05) is 6.32 Å². The van der Waals surface area contributed by atoms with Gasteiger partial charge in [-0.05, 0) is 6.92 Å². The van der Waals surface area contributed by atoms with Crippen molar-refractivity contribution in [3.63, 3.8) is 0 Å². The van der Waals surface area contributed by atoms with Crippen LogP contribution in [0.5, 0.6) is 0 Å². The van der Waals surface area contributed by atoms with E-state index in [9.17, 15) is 0 Å². The summed E-state index contributed by atoms with van der Waals surface area (Å²) >= 11 is 0. The highest BCUT2D eigenvalue weighted by Gasteiger charge is 2.09. The Morgan fingerprint density at radius 2 is 2.12 bits per heavy atom. The molecular weight excluding hydrogens is 103 g/mol. The standard InChI is InChI=1S/C5H11BO2/c1-4(8)5(2-6)3-7/h4-5,7-8H,2-3H2,1H3/t4-,5-/m1/s1. The summed E-state index contributed by atoms with van der Waals surface area (Å²) < 4.78 is 0. The molecule has 0 amide bonds. The van der Waals surface area contributed by atoms with Crippen molar-refractivity contribution in [3.8, 4) is 0 Å². The average molecular weight is 114 g/mol. The van der Waals surface area contributed by atoms with Crippen molar-refractivity contribution in [3.05, 3.63) is 0 Å². The zero-order valence-electron chi connectivity index (χ0n) is 5.04. The summed E-state index contributed by atoms with van der Waals surface area (Å²) in [5.74, 6) is -0.157. The summed E-state index contributed by atoms with van der Waals surface area (Å²) in [6.45, 7) is 1.59. The first-order chi connectivity index (χ1) is 3.72. The maximum Gasteiger partial charge on any atom is 0.0659 e. The normalized spacial score (nSPS) is 17.9. The molecule has 0 aromatic heterocycles. The van der Waals surface area contributed by atoms with Gasteiger partial charge in [0.2, 0.25) is 0 Å². The predicted molar refractivity (Wildman–Crippen MR) is 32.8 cm³/mol. The molecule has 0 heterocycles. The molecule has 2 N–H and O–H groups in total. The van der Waals surface area contributed by atoms with E-state index in [0.29, 0.717) is 6.32 Å². The average Bonchev–Trinajstić information content (AvgIpc) is 1.69. The van der Waals surface area contributed by atoms with Gasteiger partial charge in [-0.15, -0.1) is 0 Å². The SMILES string of the molecule is [B]C[C@H](CO)[C@@H](C)O. The Bertz CT molecular complexity index is 52.4. The summed E-state index contributed by atoms with van der Waals surface area (Å²) in [6.07, 6.45) is -0.154. The lowest BCUT2D eigenvalue weighted by Crippen LogP contribution is -2.19. The van der Waals surface area contributed by atoms with Crippen LogP contribution in [0, 0.1) is 5.92 Å². The molecule has 0 aliphatic heterocycles. The van der Waals surface area contributed by atoms with Gasteiger partial charge < -0.3 is 10.2 Å². The quantitative estimate of drug-likeness (QED) is 0.488. The predicted octanol–water partition coefficient (Wildman–Crippen LogP) is -0.438. The number of hydrogen-bond acceptors (Lipinski definition) is 2. The Labute approximate surface area is 50.9 Å². The zero-order valence-corrected chi connectivity index (χ0v) is 5.04. The van der Waals surface area contributed by atoms with E-state index in [2.05, 4.69) is 0 Å². The van der Waals surface area contributed by atoms with Gasteiger partial charge in [0, 0.05) is 12.5 Å². The number of aliphatic hydroxyl groups excluding tert-OH is 2. The maximum atomic E-state index is 8.77. The van der Waals surface area contributed by atoms with E-state index < -0.39 is 6.10 Å². The van der Waals surface area contributed by atoms with Gasteiger partial charge in [0.1, 0.15) is 0 Å². The molecule has 0 saturated heterocycles. The molecule has 2 atom stereocenters. The molecule has 0 bridgehead atoms. The Hall–Kier alpha value is -0.0151. The first-order valence-corrected chi connectivity index (χ1v) is 2.71. The topological polar surface area (TPSA) is 40.5 Å². The lowest BCUT2D eigenvalue weighted by molar-refractivity contribution is 0.0917. The fraction of sp³-hybridized carbons (Fsp3) is 1.00. The van der Waals surface area contributed by atoms with Crippen LogP contribution in [0.1, 0.15) is 6.92 Å². The summed E-state index contributed by atoms with van der Waals surface area (Å²) in [6, 6.07) is 0. The molecule has 0 fully saturated rings.